The van der Waals surface area contributed by atoms with Crippen LogP contribution >= 0.6 is 0 Å². The predicted octanol–water partition coefficient (Wildman–Crippen LogP) is 1.88. The van der Waals surface area contributed by atoms with Crippen molar-refractivity contribution in [1.29, 1.82) is 0 Å². The lowest BCUT2D eigenvalue weighted by Crippen LogP contribution is -2.09. The highest BCUT2D eigenvalue weighted by Gasteiger charge is 2.04. The highest BCUT2D eigenvalue weighted by molar-refractivity contribution is 5.87. The van der Waals surface area contributed by atoms with Gasteiger partial charge in [-0.25, -0.2) is 4.98 Å². The molecule has 0 atom stereocenters. The number of aromatic hydroxyl groups is 1. The summed E-state index contributed by atoms with van der Waals surface area (Å²) in [6, 6.07) is 11.9. The number of benzene rings is 2. The van der Waals surface area contributed by atoms with Crippen molar-refractivity contribution in [2.24, 2.45) is 0 Å². The van der Waals surface area contributed by atoms with Crippen molar-refractivity contribution in [3.8, 4) is 17.1 Å². The molecule has 0 unspecified atom stereocenters. The van der Waals surface area contributed by atoms with Crippen LogP contribution in [0.4, 0.5) is 5.82 Å². The molecule has 0 saturated heterocycles. The van der Waals surface area contributed by atoms with Gasteiger partial charge in [-0.05, 0) is 29.0 Å². The van der Waals surface area contributed by atoms with Gasteiger partial charge >= 0.3 is 0 Å². The van der Waals surface area contributed by atoms with Crippen LogP contribution in [0.5, 0.6) is 5.75 Å². The number of rotatable bonds is 1. The number of fused-ring (bicyclic) bond motifs is 1. The molecule has 0 spiro atoms. The second-order valence-electron chi connectivity index (χ2n) is 4.27. The molecule has 3 aromatic rings. The minimum Gasteiger partial charge on any atom is -0.508 e. The van der Waals surface area contributed by atoms with E-state index in [4.69, 9.17) is 5.73 Å². The van der Waals surface area contributed by atoms with E-state index in [2.05, 4.69) is 9.97 Å². The average molecular weight is 253 g/mol. The van der Waals surface area contributed by atoms with Crippen molar-refractivity contribution in [3.05, 3.63) is 52.8 Å². The Labute approximate surface area is 108 Å². The Bertz CT molecular complexity index is 824. The van der Waals surface area contributed by atoms with Crippen LogP contribution in [0.3, 0.4) is 0 Å². The normalized spacial score (nSPS) is 10.7. The Hall–Kier alpha value is -2.82. The van der Waals surface area contributed by atoms with Crippen LogP contribution in [0.2, 0.25) is 0 Å². The van der Waals surface area contributed by atoms with E-state index in [9.17, 15) is 9.90 Å². The molecule has 2 aromatic carbocycles. The van der Waals surface area contributed by atoms with E-state index in [0.717, 1.165) is 16.3 Å². The number of hydrogen-bond acceptors (Lipinski definition) is 4. The van der Waals surface area contributed by atoms with Gasteiger partial charge in [0.25, 0.3) is 5.56 Å². The highest BCUT2D eigenvalue weighted by Crippen LogP contribution is 2.24. The van der Waals surface area contributed by atoms with Crippen LogP contribution in [-0.4, -0.2) is 15.1 Å². The van der Waals surface area contributed by atoms with Crippen LogP contribution < -0.4 is 11.3 Å². The first-order chi connectivity index (χ1) is 9.11. The van der Waals surface area contributed by atoms with Crippen molar-refractivity contribution in [2.75, 3.05) is 5.73 Å². The van der Waals surface area contributed by atoms with Crippen LogP contribution in [0, 0.1) is 0 Å². The molecule has 0 saturated carbocycles. The van der Waals surface area contributed by atoms with Gasteiger partial charge in [-0.1, -0.05) is 18.2 Å². The maximum atomic E-state index is 11.4. The van der Waals surface area contributed by atoms with Gasteiger partial charge in [0.2, 0.25) is 0 Å². The molecule has 0 fully saturated rings. The van der Waals surface area contributed by atoms with Crippen LogP contribution in [0.25, 0.3) is 22.2 Å². The lowest BCUT2D eigenvalue weighted by atomic mass is 10.1. The van der Waals surface area contributed by atoms with Gasteiger partial charge < -0.3 is 15.8 Å². The van der Waals surface area contributed by atoms with Crippen LogP contribution in [0.15, 0.2) is 47.3 Å². The van der Waals surface area contributed by atoms with Crippen LogP contribution in [0.1, 0.15) is 0 Å². The zero-order chi connectivity index (χ0) is 13.4. The minimum atomic E-state index is -0.284. The Morgan fingerprint density at radius 1 is 1.05 bits per heavy atom. The number of nitrogens with two attached hydrogens (primary N) is 1. The summed E-state index contributed by atoms with van der Waals surface area (Å²) in [4.78, 5) is 18.1. The number of anilines is 1. The molecule has 5 nitrogen and oxygen atoms in total. The second kappa shape index (κ2) is 4.13. The Kier molecular flexibility index (Phi) is 2.45. The van der Waals surface area contributed by atoms with Gasteiger partial charge in [0.05, 0.1) is 0 Å². The zero-order valence-electron chi connectivity index (χ0n) is 9.92. The molecule has 0 aliphatic carbocycles. The third-order valence-corrected chi connectivity index (χ3v) is 2.86. The molecule has 1 aromatic heterocycles. The largest absolute Gasteiger partial charge is 0.508 e. The molecule has 5 heteroatoms. The summed E-state index contributed by atoms with van der Waals surface area (Å²) in [7, 11) is 0. The van der Waals surface area contributed by atoms with Gasteiger partial charge in [0.15, 0.2) is 0 Å². The first kappa shape index (κ1) is 11.3. The summed E-state index contributed by atoms with van der Waals surface area (Å²) >= 11 is 0. The summed E-state index contributed by atoms with van der Waals surface area (Å²) in [6.45, 7) is 0. The minimum absolute atomic E-state index is 0.185. The van der Waals surface area contributed by atoms with E-state index >= 15 is 0 Å². The van der Waals surface area contributed by atoms with E-state index < -0.39 is 0 Å². The monoisotopic (exact) mass is 253 g/mol. The number of hydrogen-bond donors (Lipinski definition) is 3. The molecule has 1 heterocycles. The lowest BCUT2D eigenvalue weighted by molar-refractivity contribution is 0.476. The number of aromatic nitrogens is 2. The van der Waals surface area contributed by atoms with E-state index in [0.29, 0.717) is 5.82 Å². The van der Waals surface area contributed by atoms with E-state index in [1.165, 1.54) is 6.07 Å². The molecule has 0 aliphatic heterocycles. The van der Waals surface area contributed by atoms with Gasteiger partial charge in [0.1, 0.15) is 17.4 Å². The number of phenolic OH excluding ortho intramolecular Hbond substituents is 1. The number of aromatic amines is 1. The molecular formula is C14H11N3O2. The van der Waals surface area contributed by atoms with Gasteiger partial charge in [-0.15, -0.1) is 0 Å². The fraction of sp³-hybridized carbons (Fsp3) is 0. The second-order valence-corrected chi connectivity index (χ2v) is 4.27. The summed E-state index contributed by atoms with van der Waals surface area (Å²) in [5.74, 6) is 0.834. The molecule has 0 aliphatic rings. The zero-order valence-corrected chi connectivity index (χ0v) is 9.92. The fourth-order valence-electron chi connectivity index (χ4n) is 1.99. The lowest BCUT2D eigenvalue weighted by Gasteiger charge is -2.04. The number of phenols is 1. The summed E-state index contributed by atoms with van der Waals surface area (Å²) in [5, 5.41) is 11.3. The predicted molar refractivity (Wildman–Crippen MR) is 73.9 cm³/mol. The summed E-state index contributed by atoms with van der Waals surface area (Å²) < 4.78 is 0. The first-order valence-electron chi connectivity index (χ1n) is 5.72. The van der Waals surface area contributed by atoms with E-state index in [1.54, 1.807) is 18.2 Å². The fourth-order valence-corrected chi connectivity index (χ4v) is 1.99. The maximum Gasteiger partial charge on any atom is 0.253 e. The molecule has 0 radical (unpaired) electrons. The number of nitrogen functional groups attached to an aromatic ring is 1. The third kappa shape index (κ3) is 2.13. The maximum absolute atomic E-state index is 11.4. The summed E-state index contributed by atoms with van der Waals surface area (Å²) in [5.41, 5.74) is 6.05. The van der Waals surface area contributed by atoms with Crippen molar-refractivity contribution in [1.82, 2.24) is 9.97 Å². The van der Waals surface area contributed by atoms with Crippen molar-refractivity contribution in [3.63, 3.8) is 0 Å². The smallest absolute Gasteiger partial charge is 0.253 e. The van der Waals surface area contributed by atoms with Crippen molar-refractivity contribution in [2.45, 2.75) is 0 Å². The van der Waals surface area contributed by atoms with E-state index in [-0.39, 0.29) is 17.1 Å². The Morgan fingerprint density at radius 2 is 1.79 bits per heavy atom. The van der Waals surface area contributed by atoms with Crippen LogP contribution in [-0.2, 0) is 0 Å². The quantitative estimate of drug-likeness (QED) is 0.617. The van der Waals surface area contributed by atoms with Gasteiger partial charge in [-0.3, -0.25) is 4.79 Å². The molecule has 19 heavy (non-hydrogen) atoms. The third-order valence-electron chi connectivity index (χ3n) is 2.86. The number of nitrogens with zero attached hydrogens (tertiary/aromatic N) is 1. The van der Waals surface area contributed by atoms with Crippen molar-refractivity contribution >= 4 is 16.6 Å². The van der Waals surface area contributed by atoms with E-state index in [1.807, 2.05) is 18.2 Å². The molecule has 3 rings (SSSR count). The standard InChI is InChI=1S/C14H11N3O2/c15-12-7-13(19)17-14(16-12)10-2-1-9-6-11(18)4-3-8(9)5-10/h1-7,18H,(H3,15,16,17,19). The molecule has 94 valence electrons. The molecule has 0 amide bonds. The Balaban J connectivity index is 2.20. The average Bonchev–Trinajstić information content (AvgIpc) is 2.37. The van der Waals surface area contributed by atoms with Gasteiger partial charge in [-0.2, -0.15) is 0 Å². The SMILES string of the molecule is Nc1cc(=O)[nH]c(-c2ccc3cc(O)ccc3c2)n1. The summed E-state index contributed by atoms with van der Waals surface area (Å²) in [6.07, 6.45) is 0. The highest BCUT2D eigenvalue weighted by atomic mass is 16.3. The molecular weight excluding hydrogens is 242 g/mol. The molecule has 0 bridgehead atoms. The van der Waals surface area contributed by atoms with Crippen molar-refractivity contribution < 1.29 is 5.11 Å². The van der Waals surface area contributed by atoms with Gasteiger partial charge in [0, 0.05) is 11.6 Å². The number of nitrogens with one attached hydrogen (secondary N) is 1. The molecule has 4 N–H and O–H groups in total. The number of H-pyrrole nitrogens is 1. The topological polar surface area (TPSA) is 92.0 Å². The first-order valence-corrected chi connectivity index (χ1v) is 5.72. The Morgan fingerprint density at radius 3 is 2.58 bits per heavy atom.